The molecule has 0 fully saturated rings. The molecule has 1 atom stereocenters. The predicted molar refractivity (Wildman–Crippen MR) is 102 cm³/mol. The summed E-state index contributed by atoms with van der Waals surface area (Å²) < 4.78 is 3.97. The minimum absolute atomic E-state index is 0.0561. The maximum absolute atomic E-state index is 12.9. The van der Waals surface area contributed by atoms with E-state index in [0.717, 1.165) is 10.1 Å². The molecule has 144 valence electrons. The lowest BCUT2D eigenvalue weighted by atomic mass is 10.2. The summed E-state index contributed by atoms with van der Waals surface area (Å²) in [7, 11) is 3.18. The summed E-state index contributed by atoms with van der Waals surface area (Å²) in [5.41, 5.74) is 0.314. The molecule has 1 aromatic carbocycles. The van der Waals surface area contributed by atoms with Crippen LogP contribution in [-0.4, -0.2) is 48.2 Å². The van der Waals surface area contributed by atoms with Gasteiger partial charge in [-0.25, -0.2) is 4.79 Å². The molecule has 27 heavy (non-hydrogen) atoms. The minimum atomic E-state index is -0.963. The second-order valence-electron chi connectivity index (χ2n) is 6.24. The van der Waals surface area contributed by atoms with Crippen LogP contribution in [0.25, 0.3) is 11.2 Å². The number of halogens is 1. The minimum Gasteiger partial charge on any atom is -0.394 e. The number of hydrogen-bond donors (Lipinski definition) is 3. The number of aliphatic hydroxyl groups is 2. The summed E-state index contributed by atoms with van der Waals surface area (Å²) in [6.07, 6.45) is -0.963. The van der Waals surface area contributed by atoms with E-state index in [9.17, 15) is 14.7 Å². The highest BCUT2D eigenvalue weighted by Gasteiger charge is 2.19. The quantitative estimate of drug-likeness (QED) is 0.539. The standard InChI is InChI=1S/C17H20ClN5O4/c1-21-13-14(20-16(21)19-7-12(25)9-24)22(2)17(27)23(15(13)26)8-10-3-5-11(18)6-4-10/h3-6,12,24-25H,7-9H2,1-2H3,(H,19,20)/t12-/m1/s1. The Morgan fingerprint density at radius 1 is 1.19 bits per heavy atom. The molecule has 0 amide bonds. The maximum Gasteiger partial charge on any atom is 0.332 e. The number of imidazole rings is 1. The Hall–Kier alpha value is -2.62. The number of aryl methyl sites for hydroxylation is 2. The molecule has 0 aliphatic carbocycles. The summed E-state index contributed by atoms with van der Waals surface area (Å²) in [6, 6.07) is 6.91. The molecule has 3 rings (SSSR count). The van der Waals surface area contributed by atoms with Crippen LogP contribution in [0.4, 0.5) is 5.95 Å². The number of nitrogens with zero attached hydrogens (tertiary/aromatic N) is 4. The number of rotatable bonds is 6. The highest BCUT2D eigenvalue weighted by atomic mass is 35.5. The third-order valence-corrected chi connectivity index (χ3v) is 4.57. The van der Waals surface area contributed by atoms with E-state index >= 15 is 0 Å². The lowest BCUT2D eigenvalue weighted by Crippen LogP contribution is -2.39. The number of anilines is 1. The van der Waals surface area contributed by atoms with Crippen molar-refractivity contribution in [2.45, 2.75) is 12.6 Å². The van der Waals surface area contributed by atoms with Gasteiger partial charge in [-0.05, 0) is 17.7 Å². The van der Waals surface area contributed by atoms with Crippen LogP contribution in [0.5, 0.6) is 0 Å². The second kappa shape index (κ2) is 7.55. The van der Waals surface area contributed by atoms with Crippen LogP contribution < -0.4 is 16.6 Å². The molecule has 0 saturated heterocycles. The van der Waals surface area contributed by atoms with E-state index in [0.29, 0.717) is 11.0 Å². The van der Waals surface area contributed by atoms with Gasteiger partial charge in [0.2, 0.25) is 5.95 Å². The summed E-state index contributed by atoms with van der Waals surface area (Å²) in [5.74, 6) is 0.314. The van der Waals surface area contributed by atoms with Crippen molar-refractivity contribution in [2.24, 2.45) is 14.1 Å². The van der Waals surface area contributed by atoms with Gasteiger partial charge in [0.1, 0.15) is 0 Å². The van der Waals surface area contributed by atoms with Crippen LogP contribution in [0.2, 0.25) is 5.02 Å². The van der Waals surface area contributed by atoms with E-state index in [1.54, 1.807) is 38.4 Å². The first-order chi connectivity index (χ1) is 12.8. The van der Waals surface area contributed by atoms with E-state index in [2.05, 4.69) is 10.3 Å². The fraction of sp³-hybridized carbons (Fsp3) is 0.353. The molecule has 0 unspecified atom stereocenters. The van der Waals surface area contributed by atoms with Gasteiger partial charge in [-0.1, -0.05) is 23.7 Å². The highest BCUT2D eigenvalue weighted by Crippen LogP contribution is 2.14. The molecular formula is C17H20ClN5O4. The average Bonchev–Trinajstić information content (AvgIpc) is 2.99. The van der Waals surface area contributed by atoms with Gasteiger partial charge < -0.3 is 20.1 Å². The Morgan fingerprint density at radius 3 is 2.48 bits per heavy atom. The molecule has 0 spiro atoms. The Morgan fingerprint density at radius 2 is 1.85 bits per heavy atom. The molecular weight excluding hydrogens is 374 g/mol. The van der Waals surface area contributed by atoms with Crippen LogP contribution in [0, 0.1) is 0 Å². The molecule has 2 heterocycles. The van der Waals surface area contributed by atoms with Crippen LogP contribution in [0.3, 0.4) is 0 Å². The van der Waals surface area contributed by atoms with E-state index < -0.39 is 24.0 Å². The van der Waals surface area contributed by atoms with E-state index in [1.807, 2.05) is 0 Å². The van der Waals surface area contributed by atoms with Gasteiger partial charge in [-0.15, -0.1) is 0 Å². The normalized spacial score (nSPS) is 12.5. The Balaban J connectivity index is 2.08. The van der Waals surface area contributed by atoms with Gasteiger partial charge in [0.15, 0.2) is 11.2 Å². The smallest absolute Gasteiger partial charge is 0.332 e. The molecule has 3 N–H and O–H groups in total. The van der Waals surface area contributed by atoms with Gasteiger partial charge in [-0.3, -0.25) is 13.9 Å². The fourth-order valence-corrected chi connectivity index (χ4v) is 2.91. The molecule has 0 bridgehead atoms. The summed E-state index contributed by atoms with van der Waals surface area (Å²) >= 11 is 5.88. The Labute approximate surface area is 159 Å². The third-order valence-electron chi connectivity index (χ3n) is 4.32. The van der Waals surface area contributed by atoms with Crippen LogP contribution >= 0.6 is 11.6 Å². The van der Waals surface area contributed by atoms with Gasteiger partial charge in [-0.2, -0.15) is 4.98 Å². The molecule has 3 aromatic rings. The monoisotopic (exact) mass is 393 g/mol. The van der Waals surface area contributed by atoms with Crippen molar-refractivity contribution in [3.63, 3.8) is 0 Å². The van der Waals surface area contributed by atoms with Crippen molar-refractivity contribution < 1.29 is 10.2 Å². The van der Waals surface area contributed by atoms with Crippen molar-refractivity contribution in [2.75, 3.05) is 18.5 Å². The van der Waals surface area contributed by atoms with E-state index in [1.165, 1.54) is 9.13 Å². The lowest BCUT2D eigenvalue weighted by molar-refractivity contribution is 0.105. The topological polar surface area (TPSA) is 114 Å². The fourth-order valence-electron chi connectivity index (χ4n) is 2.79. The summed E-state index contributed by atoms with van der Waals surface area (Å²) in [5, 5.41) is 21.8. The van der Waals surface area contributed by atoms with Crippen molar-refractivity contribution in [3.8, 4) is 0 Å². The van der Waals surface area contributed by atoms with Crippen molar-refractivity contribution >= 4 is 28.7 Å². The number of nitrogens with one attached hydrogen (secondary N) is 1. The average molecular weight is 394 g/mol. The third kappa shape index (κ3) is 3.61. The first kappa shape index (κ1) is 19.2. The largest absolute Gasteiger partial charge is 0.394 e. The van der Waals surface area contributed by atoms with Crippen molar-refractivity contribution in [1.29, 1.82) is 0 Å². The highest BCUT2D eigenvalue weighted by molar-refractivity contribution is 6.30. The molecule has 0 aliphatic heterocycles. The number of aromatic nitrogens is 4. The molecule has 10 heteroatoms. The zero-order valence-electron chi connectivity index (χ0n) is 14.9. The van der Waals surface area contributed by atoms with E-state index in [4.69, 9.17) is 16.7 Å². The molecule has 9 nitrogen and oxygen atoms in total. The van der Waals surface area contributed by atoms with Crippen molar-refractivity contribution in [1.82, 2.24) is 18.7 Å². The number of benzene rings is 1. The molecule has 0 radical (unpaired) electrons. The number of fused-ring (bicyclic) bond motifs is 1. The van der Waals surface area contributed by atoms with Crippen molar-refractivity contribution in [3.05, 3.63) is 55.7 Å². The molecule has 0 aliphatic rings. The van der Waals surface area contributed by atoms with E-state index in [-0.39, 0.29) is 24.3 Å². The number of aliphatic hydroxyl groups excluding tert-OH is 2. The van der Waals surface area contributed by atoms with Crippen LogP contribution in [0.1, 0.15) is 5.56 Å². The zero-order chi connectivity index (χ0) is 19.7. The van der Waals surface area contributed by atoms with Crippen LogP contribution in [0.15, 0.2) is 33.9 Å². The summed E-state index contributed by atoms with van der Waals surface area (Å²) in [6.45, 7) is -0.236. The lowest BCUT2D eigenvalue weighted by Gasteiger charge is -2.10. The van der Waals surface area contributed by atoms with Crippen LogP contribution in [-0.2, 0) is 20.6 Å². The summed E-state index contributed by atoms with van der Waals surface area (Å²) in [4.78, 5) is 29.9. The Kier molecular flexibility index (Phi) is 5.36. The van der Waals surface area contributed by atoms with Gasteiger partial charge in [0.25, 0.3) is 5.56 Å². The SMILES string of the molecule is Cn1c(NC[C@@H](O)CO)nc2c1c(=O)n(Cc1ccc(Cl)cc1)c(=O)n2C. The predicted octanol–water partition coefficient (Wildman–Crippen LogP) is -0.0995. The first-order valence-corrected chi connectivity index (χ1v) is 8.64. The zero-order valence-corrected chi connectivity index (χ0v) is 15.6. The second-order valence-corrected chi connectivity index (χ2v) is 6.68. The number of hydrogen-bond acceptors (Lipinski definition) is 6. The first-order valence-electron chi connectivity index (χ1n) is 8.27. The van der Waals surface area contributed by atoms with Gasteiger partial charge in [0.05, 0.1) is 19.3 Å². The maximum atomic E-state index is 12.9. The molecule has 2 aromatic heterocycles. The van der Waals surface area contributed by atoms with Gasteiger partial charge in [0, 0.05) is 25.7 Å². The molecule has 0 saturated carbocycles. The Bertz CT molecular complexity index is 1080. The van der Waals surface area contributed by atoms with Gasteiger partial charge >= 0.3 is 5.69 Å².